The van der Waals surface area contributed by atoms with Gasteiger partial charge in [0.15, 0.2) is 0 Å². The third-order valence-electron chi connectivity index (χ3n) is 7.31. The number of thiazole rings is 1. The van der Waals surface area contributed by atoms with E-state index in [-0.39, 0.29) is 29.3 Å². The fraction of sp³-hybridized carbons (Fsp3) is 0.207. The molecule has 4 aromatic rings. The smallest absolute Gasteiger partial charge is 0.416 e. The van der Waals surface area contributed by atoms with E-state index in [9.17, 15) is 37.7 Å². The van der Waals surface area contributed by atoms with Crippen molar-refractivity contribution >= 4 is 46.3 Å². The number of H-pyrrole nitrogens is 1. The summed E-state index contributed by atoms with van der Waals surface area (Å²) in [7, 11) is 0. The maximum atomic E-state index is 14.0. The Morgan fingerprint density at radius 1 is 1.02 bits per heavy atom. The van der Waals surface area contributed by atoms with Crippen LogP contribution < -0.4 is 14.5 Å². The number of nitrogens with zero attached hydrogens (tertiary/aromatic N) is 2. The molecule has 3 aromatic carbocycles. The molecule has 6 rings (SSSR count). The van der Waals surface area contributed by atoms with Crippen molar-refractivity contribution in [2.75, 3.05) is 4.90 Å². The molecule has 9 nitrogen and oxygen atoms in total. The predicted molar refractivity (Wildman–Crippen MR) is 152 cm³/mol. The van der Waals surface area contributed by atoms with Crippen LogP contribution in [0.2, 0.25) is 0 Å². The van der Waals surface area contributed by atoms with Gasteiger partial charge in [-0.1, -0.05) is 59.0 Å². The number of imide groups is 1. The molecule has 0 bridgehead atoms. The van der Waals surface area contributed by atoms with E-state index in [0.717, 1.165) is 57.3 Å². The minimum atomic E-state index is -4.71. The second-order valence-electron chi connectivity index (χ2n) is 10.1. The third kappa shape index (κ3) is 5.20. The van der Waals surface area contributed by atoms with E-state index >= 15 is 0 Å². The summed E-state index contributed by atoms with van der Waals surface area (Å²) >= 11 is 1.74. The topological polar surface area (TPSA) is 123 Å². The Kier molecular flexibility index (Phi) is 7.13. The van der Waals surface area contributed by atoms with Crippen LogP contribution in [0.4, 0.5) is 24.5 Å². The summed E-state index contributed by atoms with van der Waals surface area (Å²) in [5.41, 5.74) is 0.476. The first kappa shape index (κ1) is 28.7. The predicted octanol–water partition coefficient (Wildman–Crippen LogP) is 6.05. The Balaban J connectivity index is 1.47. The minimum Gasteiger partial charge on any atom is -0.489 e. The van der Waals surface area contributed by atoms with Crippen LogP contribution in [0.5, 0.6) is 5.75 Å². The summed E-state index contributed by atoms with van der Waals surface area (Å²) in [6, 6.07) is 15.3. The molecular weight excluding hydrogens is 607 g/mol. The molecule has 1 fully saturated rings. The zero-order valence-corrected chi connectivity index (χ0v) is 23.7. The van der Waals surface area contributed by atoms with Crippen LogP contribution in [0.1, 0.15) is 33.0 Å². The minimum absolute atomic E-state index is 0.0835. The molecule has 14 heteroatoms. The van der Waals surface area contributed by atoms with Crippen molar-refractivity contribution in [3.63, 3.8) is 0 Å². The first-order valence-corrected chi connectivity index (χ1v) is 14.5. The molecular formula is C29H20F3N3O6S2. The Morgan fingerprint density at radius 3 is 2.47 bits per heavy atom. The van der Waals surface area contributed by atoms with E-state index in [0.29, 0.717) is 9.90 Å². The number of amides is 2. The van der Waals surface area contributed by atoms with Crippen molar-refractivity contribution in [3.05, 3.63) is 114 Å². The normalized spacial score (nSPS) is 19.7. The number of aromatic amines is 1. The summed E-state index contributed by atoms with van der Waals surface area (Å²) in [6.07, 6.45) is -4.71. The van der Waals surface area contributed by atoms with Gasteiger partial charge in [0.1, 0.15) is 17.6 Å². The number of ether oxygens (including phenoxy) is 1. The molecule has 3 atom stereocenters. The van der Waals surface area contributed by atoms with Crippen LogP contribution in [-0.4, -0.2) is 27.0 Å². The third-order valence-corrected chi connectivity index (χ3v) is 9.71. The number of hydrogen-bond donors (Lipinski definition) is 1. The van der Waals surface area contributed by atoms with E-state index in [1.54, 1.807) is 0 Å². The van der Waals surface area contributed by atoms with Crippen molar-refractivity contribution in [2.24, 2.45) is 5.92 Å². The van der Waals surface area contributed by atoms with Crippen LogP contribution in [0, 0.1) is 23.0 Å². The number of nitro benzene ring substituents is 1. The molecule has 2 aliphatic rings. The van der Waals surface area contributed by atoms with Crippen molar-refractivity contribution in [1.29, 1.82) is 0 Å². The molecule has 43 heavy (non-hydrogen) atoms. The highest BCUT2D eigenvalue weighted by atomic mass is 32.2. The number of fused-ring (bicyclic) bond motifs is 2. The van der Waals surface area contributed by atoms with E-state index in [1.165, 1.54) is 24.3 Å². The highest BCUT2D eigenvalue weighted by Gasteiger charge is 2.57. The van der Waals surface area contributed by atoms with Crippen LogP contribution in [0.25, 0.3) is 0 Å². The number of rotatable bonds is 6. The number of hydrogen-bond acceptors (Lipinski definition) is 8. The molecule has 2 amide bonds. The number of carbonyl (C=O) groups is 2. The Hall–Kier alpha value is -4.43. The maximum Gasteiger partial charge on any atom is 0.416 e. The first-order valence-electron chi connectivity index (χ1n) is 12.8. The lowest BCUT2D eigenvalue weighted by atomic mass is 9.82. The zero-order chi connectivity index (χ0) is 30.6. The lowest BCUT2D eigenvalue weighted by Crippen LogP contribution is -2.32. The fourth-order valence-corrected chi connectivity index (χ4v) is 7.80. The lowest BCUT2D eigenvalue weighted by Gasteiger charge is -2.30. The number of halogens is 3. The first-order chi connectivity index (χ1) is 20.4. The van der Waals surface area contributed by atoms with Crippen LogP contribution in [-0.2, 0) is 22.4 Å². The standard InChI is InChI=1S/C29H20F3N3O6S2/c1-14-5-7-15(8-6-14)13-41-20-10-9-18(35(39)40)12-19(20)21-22-24(42-25-23(21)43-28(38)33-25)27(37)34(26(22)36)17-4-2-3-16(11-17)29(30,31)32/h2-12,21-22,24H,13H2,1H3,(H,33,38). The molecule has 1 saturated heterocycles. The number of carbonyl (C=O) groups excluding carboxylic acids is 2. The average Bonchev–Trinajstić information content (AvgIpc) is 3.46. The number of aryl methyl sites for hydroxylation is 1. The molecule has 0 radical (unpaired) electrons. The average molecular weight is 628 g/mol. The number of alkyl halides is 3. The quantitative estimate of drug-likeness (QED) is 0.157. The number of non-ortho nitro benzene ring substituents is 1. The second kappa shape index (κ2) is 10.7. The van der Waals surface area contributed by atoms with Gasteiger partial charge in [-0.05, 0) is 36.8 Å². The van der Waals surface area contributed by atoms with Gasteiger partial charge in [-0.2, -0.15) is 13.2 Å². The summed E-state index contributed by atoms with van der Waals surface area (Å²) in [5.74, 6) is -3.56. The van der Waals surface area contributed by atoms with E-state index in [2.05, 4.69) is 4.98 Å². The van der Waals surface area contributed by atoms with Crippen LogP contribution in [0.15, 0.2) is 76.6 Å². The van der Waals surface area contributed by atoms with Gasteiger partial charge in [0.25, 0.3) is 5.69 Å². The largest absolute Gasteiger partial charge is 0.489 e. The Bertz CT molecular complexity index is 1840. The van der Waals surface area contributed by atoms with Gasteiger partial charge in [0.05, 0.1) is 27.1 Å². The highest BCUT2D eigenvalue weighted by molar-refractivity contribution is 8.00. The summed E-state index contributed by atoms with van der Waals surface area (Å²) in [5, 5.41) is 11.0. The second-order valence-corrected chi connectivity index (χ2v) is 12.2. The van der Waals surface area contributed by atoms with Gasteiger partial charge < -0.3 is 9.72 Å². The summed E-state index contributed by atoms with van der Waals surface area (Å²) in [4.78, 5) is 54.6. The van der Waals surface area contributed by atoms with E-state index in [4.69, 9.17) is 4.74 Å². The van der Waals surface area contributed by atoms with Gasteiger partial charge in [-0.25, -0.2) is 4.90 Å². The zero-order valence-electron chi connectivity index (χ0n) is 22.1. The Labute approximate surface area is 249 Å². The number of benzene rings is 3. The van der Waals surface area contributed by atoms with E-state index in [1.807, 2.05) is 31.2 Å². The molecule has 0 aliphatic carbocycles. The number of nitro groups is 1. The van der Waals surface area contributed by atoms with E-state index < -0.39 is 50.4 Å². The molecule has 0 saturated carbocycles. The van der Waals surface area contributed by atoms with Gasteiger partial charge in [0, 0.05) is 28.5 Å². The Morgan fingerprint density at radius 2 is 1.77 bits per heavy atom. The number of anilines is 1. The SMILES string of the molecule is Cc1ccc(COc2ccc([N+](=O)[O-])cc2C2c3sc(=O)[nH]c3SC3C(=O)N(c4cccc(C(F)(F)F)c4)C(=O)C32)cc1. The molecule has 220 valence electrons. The number of thioether (sulfide) groups is 1. The van der Waals surface area contributed by atoms with Gasteiger partial charge in [-0.3, -0.25) is 24.5 Å². The highest BCUT2D eigenvalue weighted by Crippen LogP contribution is 2.55. The van der Waals surface area contributed by atoms with Crippen LogP contribution in [0.3, 0.4) is 0 Å². The monoisotopic (exact) mass is 627 g/mol. The molecule has 2 aliphatic heterocycles. The summed E-state index contributed by atoms with van der Waals surface area (Å²) in [6.45, 7) is 2.01. The number of nitrogens with one attached hydrogen (secondary N) is 1. The number of aromatic nitrogens is 1. The van der Waals surface area contributed by atoms with Crippen molar-refractivity contribution in [1.82, 2.24) is 4.98 Å². The van der Waals surface area contributed by atoms with Crippen molar-refractivity contribution in [3.8, 4) is 5.75 Å². The molecule has 1 aromatic heterocycles. The molecule has 1 N–H and O–H groups in total. The molecule has 3 unspecified atom stereocenters. The van der Waals surface area contributed by atoms with Gasteiger partial charge in [0.2, 0.25) is 11.8 Å². The lowest BCUT2D eigenvalue weighted by molar-refractivity contribution is -0.385. The van der Waals surface area contributed by atoms with Gasteiger partial charge in [-0.15, -0.1) is 0 Å². The van der Waals surface area contributed by atoms with Crippen LogP contribution >= 0.6 is 23.1 Å². The molecule has 3 heterocycles. The van der Waals surface area contributed by atoms with Gasteiger partial charge >= 0.3 is 11.0 Å². The maximum absolute atomic E-state index is 14.0. The van der Waals surface area contributed by atoms with Crippen molar-refractivity contribution in [2.45, 2.75) is 35.9 Å². The van der Waals surface area contributed by atoms with Crippen molar-refractivity contribution < 1.29 is 32.4 Å². The molecule has 0 spiro atoms. The summed E-state index contributed by atoms with van der Waals surface area (Å²) < 4.78 is 46.5. The fourth-order valence-electron chi connectivity index (χ4n) is 5.30.